The lowest BCUT2D eigenvalue weighted by molar-refractivity contribution is 0.0417. The molecule has 21 heavy (non-hydrogen) atoms. The average Bonchev–Trinajstić information content (AvgIpc) is 2.56. The third-order valence-corrected chi connectivity index (χ3v) is 3.83. The van der Waals surface area contributed by atoms with Crippen molar-refractivity contribution in [1.29, 1.82) is 0 Å². The fourth-order valence-electron chi connectivity index (χ4n) is 2.04. The molecule has 0 bridgehead atoms. The maximum atomic E-state index is 6.11. The van der Waals surface area contributed by atoms with Crippen LogP contribution in [0.5, 0.6) is 0 Å². The molecular weight excluding hydrogens is 324 g/mol. The predicted molar refractivity (Wildman–Crippen MR) is 92.2 cm³/mol. The van der Waals surface area contributed by atoms with E-state index >= 15 is 0 Å². The van der Waals surface area contributed by atoms with Crippen molar-refractivity contribution in [1.82, 2.24) is 0 Å². The lowest BCUT2D eigenvalue weighted by Crippen LogP contribution is -2.04. The Morgan fingerprint density at radius 3 is 2.29 bits per heavy atom. The molecule has 0 heterocycles. The highest BCUT2D eigenvalue weighted by Gasteiger charge is 2.10. The minimum atomic E-state index is 0.0407. The minimum Gasteiger partial charge on any atom is -0.369 e. The van der Waals surface area contributed by atoms with E-state index in [-0.39, 0.29) is 6.10 Å². The Bertz CT molecular complexity index is 575. The highest BCUT2D eigenvalue weighted by molar-refractivity contribution is 9.11. The summed E-state index contributed by atoms with van der Waals surface area (Å²) in [5.74, 6) is 0. The van der Waals surface area contributed by atoms with Crippen LogP contribution in [0.15, 0.2) is 83.9 Å². The summed E-state index contributed by atoms with van der Waals surface area (Å²) in [6.45, 7) is 4.36. The number of halogens is 1. The molecular formula is C19H19BrO. The molecule has 0 saturated heterocycles. The molecule has 0 saturated carbocycles. The van der Waals surface area contributed by atoms with Crippen molar-refractivity contribution >= 4 is 15.9 Å². The Labute approximate surface area is 135 Å². The first kappa shape index (κ1) is 15.7. The Morgan fingerprint density at radius 2 is 1.67 bits per heavy atom. The molecule has 2 aromatic rings. The van der Waals surface area contributed by atoms with E-state index in [1.165, 1.54) is 11.1 Å². The third-order valence-electron chi connectivity index (χ3n) is 3.19. The second kappa shape index (κ2) is 8.60. The van der Waals surface area contributed by atoms with E-state index in [9.17, 15) is 0 Å². The molecule has 2 rings (SSSR count). The van der Waals surface area contributed by atoms with Crippen LogP contribution in [0.4, 0.5) is 0 Å². The molecule has 0 fully saturated rings. The van der Waals surface area contributed by atoms with Gasteiger partial charge >= 0.3 is 0 Å². The fraction of sp³-hybridized carbons (Fsp3) is 0.158. The highest BCUT2D eigenvalue weighted by Crippen LogP contribution is 2.24. The monoisotopic (exact) mass is 342 g/mol. The number of allylic oxidation sites excluding steroid dienone is 2. The molecule has 1 unspecified atom stereocenters. The SMILES string of the molecule is C=C/C(Br)=C/CC(OCc1ccccc1)c1ccccc1. The normalized spacial score (nSPS) is 12.9. The van der Waals surface area contributed by atoms with E-state index in [4.69, 9.17) is 4.74 Å². The van der Waals surface area contributed by atoms with Crippen molar-refractivity contribution in [2.24, 2.45) is 0 Å². The molecule has 0 spiro atoms. The quantitative estimate of drug-likeness (QED) is 0.577. The molecule has 0 amide bonds. The Balaban J connectivity index is 2.07. The van der Waals surface area contributed by atoms with Crippen LogP contribution in [0.2, 0.25) is 0 Å². The van der Waals surface area contributed by atoms with Crippen molar-refractivity contribution < 1.29 is 4.74 Å². The van der Waals surface area contributed by atoms with Gasteiger partial charge in [-0.25, -0.2) is 0 Å². The zero-order valence-electron chi connectivity index (χ0n) is 11.9. The van der Waals surface area contributed by atoms with E-state index in [0.29, 0.717) is 6.61 Å². The molecule has 2 heteroatoms. The van der Waals surface area contributed by atoms with Gasteiger partial charge in [0, 0.05) is 4.48 Å². The van der Waals surface area contributed by atoms with Crippen LogP contribution in [0, 0.1) is 0 Å². The van der Waals surface area contributed by atoms with Crippen LogP contribution in [-0.2, 0) is 11.3 Å². The van der Waals surface area contributed by atoms with Crippen LogP contribution >= 0.6 is 15.9 Å². The predicted octanol–water partition coefficient (Wildman–Crippen LogP) is 5.80. The number of benzene rings is 2. The largest absolute Gasteiger partial charge is 0.369 e. The van der Waals surface area contributed by atoms with Gasteiger partial charge in [-0.15, -0.1) is 0 Å². The van der Waals surface area contributed by atoms with Gasteiger partial charge in [-0.2, -0.15) is 0 Å². The number of hydrogen-bond donors (Lipinski definition) is 0. The van der Waals surface area contributed by atoms with Gasteiger partial charge in [0.1, 0.15) is 0 Å². The summed E-state index contributed by atoms with van der Waals surface area (Å²) in [6.07, 6.45) is 4.73. The molecule has 0 N–H and O–H groups in total. The summed E-state index contributed by atoms with van der Waals surface area (Å²) < 4.78 is 7.10. The standard InChI is InChI=1S/C19H19BrO/c1-2-18(20)13-14-19(17-11-7-4-8-12-17)21-15-16-9-5-3-6-10-16/h2-13,19H,1,14-15H2/b18-13-. The summed E-state index contributed by atoms with van der Waals surface area (Å²) in [5, 5.41) is 0. The van der Waals surface area contributed by atoms with Gasteiger partial charge in [0.05, 0.1) is 12.7 Å². The number of hydrogen-bond acceptors (Lipinski definition) is 1. The van der Waals surface area contributed by atoms with Crippen molar-refractivity contribution in [2.75, 3.05) is 0 Å². The lowest BCUT2D eigenvalue weighted by atomic mass is 10.1. The van der Waals surface area contributed by atoms with Crippen molar-refractivity contribution in [3.05, 3.63) is 95.0 Å². The Hall–Kier alpha value is -1.64. The van der Waals surface area contributed by atoms with E-state index in [1.807, 2.05) is 36.4 Å². The highest BCUT2D eigenvalue weighted by atomic mass is 79.9. The maximum Gasteiger partial charge on any atom is 0.0864 e. The topological polar surface area (TPSA) is 9.23 Å². The van der Waals surface area contributed by atoms with Crippen LogP contribution in [0.25, 0.3) is 0 Å². The van der Waals surface area contributed by atoms with Gasteiger partial charge in [0.15, 0.2) is 0 Å². The molecule has 1 atom stereocenters. The zero-order valence-corrected chi connectivity index (χ0v) is 13.5. The van der Waals surface area contributed by atoms with Crippen LogP contribution < -0.4 is 0 Å². The second-order valence-corrected chi connectivity index (χ2v) is 5.64. The molecule has 0 aliphatic rings. The maximum absolute atomic E-state index is 6.11. The average molecular weight is 343 g/mol. The molecule has 2 aromatic carbocycles. The van der Waals surface area contributed by atoms with E-state index in [1.54, 1.807) is 6.08 Å². The smallest absolute Gasteiger partial charge is 0.0864 e. The van der Waals surface area contributed by atoms with Gasteiger partial charge in [-0.05, 0) is 17.5 Å². The van der Waals surface area contributed by atoms with E-state index in [0.717, 1.165) is 10.9 Å². The van der Waals surface area contributed by atoms with Crippen molar-refractivity contribution in [2.45, 2.75) is 19.1 Å². The Morgan fingerprint density at radius 1 is 1.05 bits per heavy atom. The number of ether oxygens (including phenoxy) is 1. The number of rotatable bonds is 7. The summed E-state index contributed by atoms with van der Waals surface area (Å²) >= 11 is 3.46. The summed E-state index contributed by atoms with van der Waals surface area (Å²) in [6, 6.07) is 20.6. The summed E-state index contributed by atoms with van der Waals surface area (Å²) in [4.78, 5) is 0. The van der Waals surface area contributed by atoms with Crippen molar-refractivity contribution in [3.63, 3.8) is 0 Å². The van der Waals surface area contributed by atoms with Crippen molar-refractivity contribution in [3.8, 4) is 0 Å². The molecule has 0 aliphatic heterocycles. The van der Waals surface area contributed by atoms with Gasteiger partial charge < -0.3 is 4.74 Å². The summed E-state index contributed by atoms with van der Waals surface area (Å²) in [5.41, 5.74) is 2.37. The third kappa shape index (κ3) is 5.33. The first-order valence-electron chi connectivity index (χ1n) is 6.98. The molecule has 0 aliphatic carbocycles. The van der Waals surface area contributed by atoms with Gasteiger partial charge in [0.25, 0.3) is 0 Å². The zero-order chi connectivity index (χ0) is 14.9. The van der Waals surface area contributed by atoms with Crippen LogP contribution in [0.1, 0.15) is 23.7 Å². The Kier molecular flexibility index (Phi) is 6.45. The minimum absolute atomic E-state index is 0.0407. The molecule has 108 valence electrons. The summed E-state index contributed by atoms with van der Waals surface area (Å²) in [7, 11) is 0. The molecule has 0 aromatic heterocycles. The van der Waals surface area contributed by atoms with Crippen LogP contribution in [-0.4, -0.2) is 0 Å². The first-order chi connectivity index (χ1) is 10.3. The van der Waals surface area contributed by atoms with Crippen LogP contribution in [0.3, 0.4) is 0 Å². The van der Waals surface area contributed by atoms with E-state index in [2.05, 4.69) is 52.9 Å². The second-order valence-electron chi connectivity index (χ2n) is 4.72. The van der Waals surface area contributed by atoms with Gasteiger partial charge in [0.2, 0.25) is 0 Å². The van der Waals surface area contributed by atoms with Gasteiger partial charge in [-0.3, -0.25) is 0 Å². The lowest BCUT2D eigenvalue weighted by Gasteiger charge is -2.17. The first-order valence-corrected chi connectivity index (χ1v) is 7.77. The van der Waals surface area contributed by atoms with E-state index < -0.39 is 0 Å². The fourth-order valence-corrected chi connectivity index (χ4v) is 2.23. The molecule has 1 nitrogen and oxygen atoms in total. The molecule has 0 radical (unpaired) electrons. The van der Waals surface area contributed by atoms with Gasteiger partial charge in [-0.1, -0.05) is 95.3 Å².